The Morgan fingerprint density at radius 2 is 1.64 bits per heavy atom. The van der Waals surface area contributed by atoms with E-state index >= 15 is 0 Å². The van der Waals surface area contributed by atoms with Crippen molar-refractivity contribution in [2.45, 2.75) is 49.2 Å². The summed E-state index contributed by atoms with van der Waals surface area (Å²) in [6, 6.07) is 0.516. The Morgan fingerprint density at radius 3 is 2.42 bits per heavy atom. The summed E-state index contributed by atoms with van der Waals surface area (Å²) in [4.78, 5) is 52.5. The first kappa shape index (κ1) is 30.8. The Labute approximate surface area is 255 Å². The molecule has 23 heteroatoms. The van der Waals surface area contributed by atoms with Crippen LogP contribution in [-0.2, 0) is 32.0 Å². The molecule has 0 amide bonds. The SMILES string of the molecule is Nc1nc2c(ncn2[C@@H]2C[C@@H]3COP(=O)(O)OC4[C@@H](COP(=O)(O)O[C@H]2C3O)O[C@@H](n2cnc3c(Cl)ccnc32)[C@H]4O)c(=O)[nH]1. The van der Waals surface area contributed by atoms with E-state index in [1.165, 1.54) is 34.1 Å². The number of aliphatic hydroxyl groups is 2. The molecule has 0 radical (unpaired) electrons. The minimum atomic E-state index is -5.03. The molecule has 3 fully saturated rings. The molecule has 4 aromatic heterocycles. The van der Waals surface area contributed by atoms with E-state index in [2.05, 4.69) is 24.9 Å². The predicted molar refractivity (Wildman–Crippen MR) is 149 cm³/mol. The van der Waals surface area contributed by atoms with E-state index in [1.807, 2.05) is 0 Å². The topological polar surface area (TPSA) is 282 Å². The Bertz CT molecular complexity index is 1940. The van der Waals surface area contributed by atoms with Crippen molar-refractivity contribution in [3.05, 3.63) is 40.3 Å². The Hall–Kier alpha value is -2.84. The van der Waals surface area contributed by atoms with Gasteiger partial charge in [0.05, 0.1) is 43.0 Å². The Kier molecular flexibility index (Phi) is 7.63. The fourth-order valence-electron chi connectivity index (χ4n) is 5.87. The number of H-pyrrole nitrogens is 1. The lowest BCUT2D eigenvalue weighted by molar-refractivity contribution is -0.0552. The molecule has 4 aromatic rings. The minimum absolute atomic E-state index is 0.000353. The molecule has 0 aromatic carbocycles. The summed E-state index contributed by atoms with van der Waals surface area (Å²) in [5, 5.41) is 22.6. The maximum absolute atomic E-state index is 13.2. The van der Waals surface area contributed by atoms with Gasteiger partial charge in [0.25, 0.3) is 5.56 Å². The maximum Gasteiger partial charge on any atom is 0.472 e. The molecule has 6 heterocycles. The van der Waals surface area contributed by atoms with Crippen molar-refractivity contribution >= 4 is 55.5 Å². The van der Waals surface area contributed by atoms with Crippen LogP contribution in [0.3, 0.4) is 0 Å². The quantitative estimate of drug-likeness (QED) is 0.151. The highest BCUT2D eigenvalue weighted by molar-refractivity contribution is 7.47. The molecule has 0 spiro atoms. The van der Waals surface area contributed by atoms with Gasteiger partial charge in [0, 0.05) is 12.1 Å². The second kappa shape index (κ2) is 11.2. The molecular weight excluding hydrogens is 666 g/mol. The fraction of sp³-hybridized carbons (Fsp3) is 0.500. The second-order valence-corrected chi connectivity index (χ2v) is 13.9. The van der Waals surface area contributed by atoms with E-state index in [-0.39, 0.29) is 39.7 Å². The lowest BCUT2D eigenvalue weighted by Crippen LogP contribution is -2.36. The van der Waals surface area contributed by atoms with Crippen LogP contribution in [-0.4, -0.2) is 97.8 Å². The van der Waals surface area contributed by atoms with Crippen molar-refractivity contribution < 1.29 is 52.0 Å². The number of fused-ring (bicyclic) bond motifs is 5. The van der Waals surface area contributed by atoms with Crippen molar-refractivity contribution in [2.75, 3.05) is 18.9 Å². The molecule has 4 unspecified atom stereocenters. The molecule has 7 rings (SSSR count). The number of nitrogen functional groups attached to an aromatic ring is 1. The molecule has 7 N–H and O–H groups in total. The van der Waals surface area contributed by atoms with Crippen LogP contribution in [0, 0.1) is 5.92 Å². The first-order chi connectivity index (χ1) is 21.3. The summed E-state index contributed by atoms with van der Waals surface area (Å²) in [7, 11) is -10.0. The average Bonchev–Trinajstić information content (AvgIpc) is 3.72. The van der Waals surface area contributed by atoms with Crippen LogP contribution in [0.15, 0.2) is 29.7 Å². The van der Waals surface area contributed by atoms with Crippen LogP contribution in [0.25, 0.3) is 22.3 Å². The summed E-state index contributed by atoms with van der Waals surface area (Å²) in [6.45, 7) is -1.37. The van der Waals surface area contributed by atoms with E-state index in [1.54, 1.807) is 0 Å². The van der Waals surface area contributed by atoms with Gasteiger partial charge in [-0.25, -0.2) is 24.1 Å². The number of nitrogens with one attached hydrogen (secondary N) is 1. The number of hydrogen-bond acceptors (Lipinski definition) is 15. The third-order valence-corrected chi connectivity index (χ3v) is 10.2. The monoisotopic (exact) mass is 690 g/mol. The number of hydrogen-bond donors (Lipinski definition) is 6. The largest absolute Gasteiger partial charge is 0.472 e. The summed E-state index contributed by atoms with van der Waals surface area (Å²) < 4.78 is 56.1. The first-order valence-corrected chi connectivity index (χ1v) is 16.7. The van der Waals surface area contributed by atoms with Gasteiger partial charge in [0.2, 0.25) is 5.95 Å². The average molecular weight is 691 g/mol. The smallest absolute Gasteiger partial charge is 0.390 e. The number of aromatic nitrogens is 7. The number of pyridine rings is 1. The standard InChI is InChI=1S/C22H25ClN8O12P2/c23-9-1-2-25-18-12(9)26-7-31(18)21-15(33)17-11(41-21)5-40-45(37,38)42-16-10(3-8(14(16)32)4-39-44(35,36)43-17)30-6-27-13-19(30)28-22(24)29-20(13)34/h1-2,6-8,10-11,14-17,21,32-33H,3-5H2,(H,35,36)(H,37,38)(H3,24,28,29,34)/t8-,10-,11-,14?,15+,16-,17?,21-/m1/s1. The molecule has 45 heavy (non-hydrogen) atoms. The van der Waals surface area contributed by atoms with Gasteiger partial charge in [0.1, 0.15) is 29.9 Å². The highest BCUT2D eigenvalue weighted by atomic mass is 35.5. The number of aromatic amines is 1. The third kappa shape index (κ3) is 5.50. The zero-order valence-electron chi connectivity index (χ0n) is 22.6. The van der Waals surface area contributed by atoms with E-state index in [4.69, 9.17) is 40.2 Å². The number of nitrogens with two attached hydrogens (primary N) is 1. The molecule has 3 aliphatic rings. The second-order valence-electron chi connectivity index (χ2n) is 10.7. The van der Waals surface area contributed by atoms with Gasteiger partial charge in [-0.1, -0.05) is 11.6 Å². The normalized spacial score (nSPS) is 37.7. The number of halogens is 1. The van der Waals surface area contributed by atoms with Crippen LogP contribution in [0.1, 0.15) is 18.7 Å². The van der Waals surface area contributed by atoms with E-state index in [0.29, 0.717) is 0 Å². The number of nitrogens with zero attached hydrogens (tertiary/aromatic N) is 6. The Balaban J connectivity index is 1.21. The third-order valence-electron chi connectivity index (χ3n) is 7.91. The van der Waals surface area contributed by atoms with Crippen molar-refractivity contribution in [1.82, 2.24) is 34.1 Å². The van der Waals surface area contributed by atoms with E-state index in [9.17, 15) is 33.9 Å². The summed E-state index contributed by atoms with van der Waals surface area (Å²) in [5.74, 6) is -1.20. The molecule has 1 saturated carbocycles. The predicted octanol–water partition coefficient (Wildman–Crippen LogP) is -0.00170. The van der Waals surface area contributed by atoms with Gasteiger partial charge in [0.15, 0.2) is 23.0 Å². The number of anilines is 1. The Morgan fingerprint density at radius 1 is 0.956 bits per heavy atom. The summed E-state index contributed by atoms with van der Waals surface area (Å²) >= 11 is 6.18. The molecule has 10 atom stereocenters. The fourth-order valence-corrected chi connectivity index (χ4v) is 8.03. The van der Waals surface area contributed by atoms with E-state index < -0.39 is 83.1 Å². The molecule has 242 valence electrons. The van der Waals surface area contributed by atoms with Crippen LogP contribution in [0.4, 0.5) is 5.95 Å². The molecule has 2 bridgehead atoms. The van der Waals surface area contributed by atoms with Crippen molar-refractivity contribution in [2.24, 2.45) is 5.92 Å². The number of imidazole rings is 2. The molecule has 2 saturated heterocycles. The maximum atomic E-state index is 13.2. The highest BCUT2D eigenvalue weighted by Crippen LogP contribution is 2.55. The highest BCUT2D eigenvalue weighted by Gasteiger charge is 2.53. The van der Waals surface area contributed by atoms with Crippen LogP contribution in [0.2, 0.25) is 5.02 Å². The minimum Gasteiger partial charge on any atom is -0.390 e. The zero-order chi connectivity index (χ0) is 31.8. The van der Waals surface area contributed by atoms with Crippen LogP contribution in [0.5, 0.6) is 0 Å². The van der Waals surface area contributed by atoms with Crippen molar-refractivity contribution in [3.8, 4) is 0 Å². The number of rotatable bonds is 2. The van der Waals surface area contributed by atoms with Crippen molar-refractivity contribution in [1.29, 1.82) is 0 Å². The van der Waals surface area contributed by atoms with Gasteiger partial charge >= 0.3 is 15.6 Å². The summed E-state index contributed by atoms with van der Waals surface area (Å²) in [5.41, 5.74) is 5.46. The summed E-state index contributed by atoms with van der Waals surface area (Å²) in [6.07, 6.45) is -5.21. The van der Waals surface area contributed by atoms with Crippen molar-refractivity contribution in [3.63, 3.8) is 0 Å². The number of phosphoric ester groups is 2. The van der Waals surface area contributed by atoms with Gasteiger partial charge in [-0.15, -0.1) is 0 Å². The van der Waals surface area contributed by atoms with E-state index in [0.717, 1.165) is 0 Å². The van der Waals surface area contributed by atoms with Crippen LogP contribution < -0.4 is 11.3 Å². The van der Waals surface area contributed by atoms with Gasteiger partial charge in [-0.2, -0.15) is 4.98 Å². The van der Waals surface area contributed by atoms with Gasteiger partial charge in [-0.3, -0.25) is 32.4 Å². The molecular formula is C22H25ClN8O12P2. The van der Waals surface area contributed by atoms with Crippen LogP contribution >= 0.6 is 27.2 Å². The molecule has 1 aliphatic carbocycles. The number of ether oxygens (including phenoxy) is 1. The lowest BCUT2D eigenvalue weighted by atomic mass is 10.1. The van der Waals surface area contributed by atoms with Gasteiger partial charge in [-0.05, 0) is 12.5 Å². The first-order valence-electron chi connectivity index (χ1n) is 13.3. The van der Waals surface area contributed by atoms with Gasteiger partial charge < -0.3 is 35.0 Å². The zero-order valence-corrected chi connectivity index (χ0v) is 25.2. The lowest BCUT2D eigenvalue weighted by Gasteiger charge is -2.26. The molecule has 2 aliphatic heterocycles. The number of aliphatic hydroxyl groups excluding tert-OH is 2. The molecule has 20 nitrogen and oxygen atoms in total. The number of phosphoric acid groups is 2.